The quantitative estimate of drug-likeness (QED) is 0.153. The van der Waals surface area contributed by atoms with Crippen LogP contribution in [0.3, 0.4) is 0 Å². The molecule has 0 unspecified atom stereocenters. The van der Waals surface area contributed by atoms with Crippen molar-refractivity contribution in [3.05, 3.63) is 23.8 Å². The van der Waals surface area contributed by atoms with E-state index in [1.54, 1.807) is 13.8 Å². The summed E-state index contributed by atoms with van der Waals surface area (Å²) in [5.74, 6) is -3.96. The second-order valence-corrected chi connectivity index (χ2v) is 17.6. The Balaban J connectivity index is 0.000000409. The number of ether oxygens (including phenoxy) is 2. The van der Waals surface area contributed by atoms with E-state index in [1.165, 1.54) is 57.8 Å². The molecule has 0 aromatic heterocycles. The molecule has 4 rings (SSSR count). The summed E-state index contributed by atoms with van der Waals surface area (Å²) in [7, 11) is 13.6. The predicted octanol–water partition coefficient (Wildman–Crippen LogP) is 5.48. The maximum atomic E-state index is 17.2. The first kappa shape index (κ1) is 41.9. The van der Waals surface area contributed by atoms with Crippen LogP contribution in [0.5, 0.6) is 0 Å². The number of halogens is 2. The highest BCUT2D eigenvalue weighted by Gasteiger charge is 2.76. The molecule has 0 bridgehead atoms. The van der Waals surface area contributed by atoms with Crippen molar-refractivity contribution in [1.29, 1.82) is 0 Å². The van der Waals surface area contributed by atoms with Crippen LogP contribution in [-0.2, 0) is 28.7 Å². The lowest BCUT2D eigenvalue weighted by atomic mass is 9.44. The van der Waals surface area contributed by atoms with Crippen LogP contribution in [0, 0.1) is 22.7 Å². The third-order valence-corrected chi connectivity index (χ3v) is 11.8. The lowest BCUT2D eigenvalue weighted by molar-refractivity contribution is -0.871. The lowest BCUT2D eigenvalue weighted by Gasteiger charge is -2.63. The molecular weight excluding hydrogens is 646 g/mol. The van der Waals surface area contributed by atoms with Gasteiger partial charge in [0.05, 0.1) is 61.5 Å². The van der Waals surface area contributed by atoms with E-state index in [1.807, 2.05) is 0 Å². The molecule has 4 aliphatic carbocycles. The van der Waals surface area contributed by atoms with Crippen molar-refractivity contribution in [3.8, 4) is 0 Å². The van der Waals surface area contributed by atoms with Crippen molar-refractivity contribution in [2.24, 2.45) is 22.7 Å². The number of rotatable bonds is 13. The minimum Gasteiger partial charge on any atom is -0.458 e. The number of hydrogen-bond donors (Lipinski definition) is 1. The van der Waals surface area contributed by atoms with E-state index in [4.69, 9.17) is 9.47 Å². The van der Waals surface area contributed by atoms with Gasteiger partial charge in [-0.15, -0.1) is 0 Å². The number of unbranched alkanes of at least 4 members (excludes halogenated alkanes) is 3. The van der Waals surface area contributed by atoms with Crippen LogP contribution in [0.25, 0.3) is 0 Å². The number of fused-ring (bicyclic) bond motifs is 5. The number of carbonyl (C=O) groups is 4. The zero-order chi connectivity index (χ0) is 37.9. The summed E-state index contributed by atoms with van der Waals surface area (Å²) in [6.45, 7) is 8.12. The first-order valence-electron chi connectivity index (χ1n) is 18.4. The summed E-state index contributed by atoms with van der Waals surface area (Å²) in [6, 6.07) is 0. The Morgan fingerprint density at radius 2 is 1.56 bits per heavy atom. The van der Waals surface area contributed by atoms with Gasteiger partial charge in [-0.05, 0) is 88.4 Å². The minimum absolute atomic E-state index is 0.0148. The number of ketones is 2. The number of alkyl halides is 2. The van der Waals surface area contributed by atoms with Crippen LogP contribution in [0.4, 0.5) is 8.78 Å². The minimum atomic E-state index is -2.30. The summed E-state index contributed by atoms with van der Waals surface area (Å²) >= 11 is 0. The van der Waals surface area contributed by atoms with E-state index in [0.717, 1.165) is 22.0 Å². The highest BCUT2D eigenvalue weighted by atomic mass is 19.1. The smallest absolute Gasteiger partial charge is 0.306 e. The van der Waals surface area contributed by atoms with E-state index in [2.05, 4.69) is 42.3 Å². The number of hydrogen-bond acceptors (Lipinski definition) is 7. The third kappa shape index (κ3) is 8.58. The van der Waals surface area contributed by atoms with Gasteiger partial charge in [-0.3, -0.25) is 19.2 Å². The molecule has 1 N–H and O–H groups in total. The van der Waals surface area contributed by atoms with Crippen molar-refractivity contribution in [2.75, 3.05) is 62.0 Å². The molecule has 0 amide bonds. The summed E-state index contributed by atoms with van der Waals surface area (Å²) in [5.41, 5.74) is -6.80. The Labute approximate surface area is 298 Å². The lowest BCUT2D eigenvalue weighted by Crippen LogP contribution is -2.70. The van der Waals surface area contributed by atoms with Gasteiger partial charge < -0.3 is 23.5 Å². The summed E-state index contributed by atoms with van der Waals surface area (Å²) < 4.78 is 45.8. The molecule has 50 heavy (non-hydrogen) atoms. The molecule has 9 nitrogen and oxygen atoms in total. The Morgan fingerprint density at radius 3 is 2.08 bits per heavy atom. The van der Waals surface area contributed by atoms with Crippen LogP contribution in [-0.4, -0.2) is 123 Å². The average molecular weight is 711 g/mol. The van der Waals surface area contributed by atoms with Gasteiger partial charge in [0.25, 0.3) is 0 Å². The van der Waals surface area contributed by atoms with Gasteiger partial charge in [-0.2, -0.15) is 0 Å². The molecule has 4 aliphatic rings. The van der Waals surface area contributed by atoms with E-state index in [0.29, 0.717) is 6.42 Å². The van der Waals surface area contributed by atoms with Crippen molar-refractivity contribution in [3.63, 3.8) is 0 Å². The van der Waals surface area contributed by atoms with Crippen LogP contribution < -0.4 is 0 Å². The SMILES string of the molecule is CCCC(=O)O[C@]1(C(=O)COC(C)=O)CC[C@H]2[C@@H]3C[C@H](F)C4=CC(=O)C=C[C@]4(C)[C@@]3(F)[C@@H](O)C[C@@]21C.C[N+](C)(C)CCCCCC[N+](C)(C)C. The molecule has 11 heteroatoms. The fourth-order valence-electron chi connectivity index (χ4n) is 9.13. The second kappa shape index (κ2) is 15.6. The van der Waals surface area contributed by atoms with E-state index >= 15 is 8.78 Å². The Hall–Kier alpha value is -2.50. The maximum absolute atomic E-state index is 17.2. The molecule has 0 heterocycles. The van der Waals surface area contributed by atoms with Gasteiger partial charge in [0.2, 0.25) is 5.78 Å². The van der Waals surface area contributed by atoms with Gasteiger partial charge in [-0.1, -0.05) is 19.9 Å². The van der Waals surface area contributed by atoms with Gasteiger partial charge in [0, 0.05) is 30.1 Å². The molecule has 3 fully saturated rings. The Kier molecular flexibility index (Phi) is 13.1. The molecule has 0 saturated heterocycles. The number of aliphatic hydroxyl groups excluding tert-OH is 1. The summed E-state index contributed by atoms with van der Waals surface area (Å²) in [5, 5.41) is 11.4. The highest BCUT2D eigenvalue weighted by molar-refractivity contribution is 6.01. The number of nitrogens with zero attached hydrogens (tertiary/aromatic N) is 2. The van der Waals surface area contributed by atoms with Gasteiger partial charge in [0.1, 0.15) is 6.17 Å². The molecule has 3 saturated carbocycles. The Morgan fingerprint density at radius 1 is 0.980 bits per heavy atom. The van der Waals surface area contributed by atoms with E-state index in [9.17, 15) is 24.3 Å². The molecule has 284 valence electrons. The normalized spacial score (nSPS) is 34.7. The van der Waals surface area contributed by atoms with Crippen molar-refractivity contribution >= 4 is 23.5 Å². The van der Waals surface area contributed by atoms with Gasteiger partial charge >= 0.3 is 11.9 Å². The first-order valence-corrected chi connectivity index (χ1v) is 18.4. The number of allylic oxidation sites excluding steroid dienone is 4. The standard InChI is InChI=1S/C27H34F2O7.C12H30N2/c1-5-6-23(34)36-26(22(33)14-35-15(2)30)10-8-17-18-12-20(28)19-11-16(31)7-9-24(19,3)27(18,29)21(32)13-25(17,26)4;1-13(2,3)11-9-7-8-10-12-14(4,5)6/h7,9,11,17-18,20-21,32H,5-6,8,10,12-14H2,1-4H3;7-12H2,1-6H3/q;+2/t17-,18-,20-,21-,24-,25-,26-,27-;/m0./s1. The number of aliphatic hydroxyl groups is 1. The first-order chi connectivity index (χ1) is 23.0. The number of quaternary nitrogens is 2. The van der Waals surface area contributed by atoms with Gasteiger partial charge in [0.15, 0.2) is 23.7 Å². The van der Waals surface area contributed by atoms with E-state index in [-0.39, 0.29) is 37.7 Å². The topological polar surface area (TPSA) is 107 Å². The van der Waals surface area contributed by atoms with Gasteiger partial charge in [-0.25, -0.2) is 8.78 Å². The van der Waals surface area contributed by atoms with Crippen molar-refractivity contribution in [1.82, 2.24) is 0 Å². The number of Topliss-reactive ketones (excluding diaryl/α,β-unsaturated/α-hetero) is 1. The number of carbonyl (C=O) groups excluding carboxylic acids is 4. The van der Waals surface area contributed by atoms with Crippen molar-refractivity contribution in [2.45, 2.75) is 115 Å². The zero-order valence-electron chi connectivity index (χ0n) is 32.3. The third-order valence-electron chi connectivity index (χ3n) is 11.8. The zero-order valence-corrected chi connectivity index (χ0v) is 32.3. The fourth-order valence-corrected chi connectivity index (χ4v) is 9.13. The number of esters is 2. The molecule has 0 aromatic rings. The van der Waals surface area contributed by atoms with Crippen molar-refractivity contribution < 1.29 is 51.5 Å². The molecular formula is C39H64F2N2O7+2. The molecule has 0 aliphatic heterocycles. The van der Waals surface area contributed by atoms with E-state index < -0.39 is 76.3 Å². The fraction of sp³-hybridized carbons (Fsp3) is 0.795. The molecule has 0 spiro atoms. The highest BCUT2D eigenvalue weighted by Crippen LogP contribution is 2.70. The largest absolute Gasteiger partial charge is 0.458 e. The Bertz CT molecular complexity index is 1320. The summed E-state index contributed by atoms with van der Waals surface area (Å²) in [4.78, 5) is 49.6. The maximum Gasteiger partial charge on any atom is 0.306 e. The molecule has 0 aromatic carbocycles. The van der Waals surface area contributed by atoms with Crippen LogP contribution in [0.1, 0.15) is 91.9 Å². The second-order valence-electron chi connectivity index (χ2n) is 17.6. The molecule has 0 radical (unpaired) electrons. The van der Waals surface area contributed by atoms with Crippen LogP contribution in [0.15, 0.2) is 23.8 Å². The van der Waals surface area contributed by atoms with Crippen LogP contribution >= 0.6 is 0 Å². The predicted molar refractivity (Wildman–Crippen MR) is 188 cm³/mol. The average Bonchev–Trinajstić information content (AvgIpc) is 3.27. The van der Waals surface area contributed by atoms with Crippen LogP contribution in [0.2, 0.25) is 0 Å². The monoisotopic (exact) mass is 710 g/mol. The molecule has 8 atom stereocenters. The summed E-state index contributed by atoms with van der Waals surface area (Å²) in [6.07, 6.45) is 6.33.